The second kappa shape index (κ2) is 8.23. The molecular formula is C20H21N7. The molecule has 136 valence electrons. The lowest BCUT2D eigenvalue weighted by atomic mass is 9.78. The van der Waals surface area contributed by atoms with Gasteiger partial charge in [-0.25, -0.2) is 0 Å². The molecule has 1 aliphatic rings. The molecule has 0 unspecified atom stereocenters. The average molecular weight is 359 g/mol. The maximum atomic E-state index is 9.49. The predicted octanol–water partition coefficient (Wildman–Crippen LogP) is 3.93. The van der Waals surface area contributed by atoms with E-state index in [0.29, 0.717) is 17.7 Å². The summed E-state index contributed by atoms with van der Waals surface area (Å²) in [6, 6.07) is 12.0. The van der Waals surface area contributed by atoms with Crippen molar-refractivity contribution < 1.29 is 0 Å². The van der Waals surface area contributed by atoms with Gasteiger partial charge in [-0.3, -0.25) is 4.99 Å². The van der Waals surface area contributed by atoms with Crippen LogP contribution in [0.5, 0.6) is 0 Å². The number of nitriles is 1. The quantitative estimate of drug-likeness (QED) is 0.727. The fourth-order valence-electron chi connectivity index (χ4n) is 2.65. The number of nitrogens with zero attached hydrogens (tertiary/aromatic N) is 5. The van der Waals surface area contributed by atoms with E-state index in [1.165, 1.54) is 6.20 Å². The van der Waals surface area contributed by atoms with Crippen LogP contribution in [0.2, 0.25) is 0 Å². The number of allylic oxidation sites excluding steroid dienone is 2. The molecule has 3 rings (SSSR count). The SMILES string of the molecule is C=CN=C/C=C(\C)Nc1nc(NC2(C#N)CCC2)nc(-c2ccccc2)n1. The molecule has 0 spiro atoms. The van der Waals surface area contributed by atoms with Gasteiger partial charge in [0.25, 0.3) is 0 Å². The van der Waals surface area contributed by atoms with E-state index >= 15 is 0 Å². The van der Waals surface area contributed by atoms with Crippen LogP contribution in [0.1, 0.15) is 26.2 Å². The molecular weight excluding hydrogens is 338 g/mol. The zero-order chi connectivity index (χ0) is 19.1. The summed E-state index contributed by atoms with van der Waals surface area (Å²) in [6.07, 6.45) is 7.48. The molecule has 0 amide bonds. The van der Waals surface area contributed by atoms with Crippen molar-refractivity contribution in [3.05, 3.63) is 54.9 Å². The Bertz CT molecular complexity index is 906. The van der Waals surface area contributed by atoms with E-state index in [2.05, 4.69) is 43.2 Å². The van der Waals surface area contributed by atoms with Crippen LogP contribution >= 0.6 is 0 Å². The first-order chi connectivity index (χ1) is 13.1. The van der Waals surface area contributed by atoms with Crippen molar-refractivity contribution in [2.24, 2.45) is 4.99 Å². The third kappa shape index (κ3) is 4.55. The fourth-order valence-corrected chi connectivity index (χ4v) is 2.65. The summed E-state index contributed by atoms with van der Waals surface area (Å²) in [7, 11) is 0. The number of hydrogen-bond donors (Lipinski definition) is 2. The molecule has 2 N–H and O–H groups in total. The van der Waals surface area contributed by atoms with Gasteiger partial charge in [0.2, 0.25) is 11.9 Å². The lowest BCUT2D eigenvalue weighted by Gasteiger charge is -2.35. The molecule has 7 heteroatoms. The van der Waals surface area contributed by atoms with Gasteiger partial charge in [-0.15, -0.1) is 0 Å². The summed E-state index contributed by atoms with van der Waals surface area (Å²) in [5.41, 5.74) is 1.10. The van der Waals surface area contributed by atoms with Gasteiger partial charge in [0, 0.05) is 23.7 Å². The molecule has 0 bridgehead atoms. The van der Waals surface area contributed by atoms with Crippen molar-refractivity contribution in [1.29, 1.82) is 5.26 Å². The summed E-state index contributed by atoms with van der Waals surface area (Å²) in [6.45, 7) is 5.42. The highest BCUT2D eigenvalue weighted by atomic mass is 15.2. The van der Waals surface area contributed by atoms with E-state index in [0.717, 1.165) is 30.5 Å². The van der Waals surface area contributed by atoms with E-state index in [-0.39, 0.29) is 0 Å². The van der Waals surface area contributed by atoms with Crippen molar-refractivity contribution in [2.45, 2.75) is 31.7 Å². The van der Waals surface area contributed by atoms with E-state index < -0.39 is 5.54 Å². The molecule has 1 fully saturated rings. The second-order valence-electron chi connectivity index (χ2n) is 6.30. The largest absolute Gasteiger partial charge is 0.336 e. The molecule has 27 heavy (non-hydrogen) atoms. The Hall–Kier alpha value is -3.53. The fraction of sp³-hybridized carbons (Fsp3) is 0.250. The molecule has 1 saturated carbocycles. The van der Waals surface area contributed by atoms with Gasteiger partial charge in [-0.05, 0) is 32.3 Å². The first-order valence-corrected chi connectivity index (χ1v) is 8.73. The zero-order valence-corrected chi connectivity index (χ0v) is 15.2. The molecule has 0 aliphatic heterocycles. The van der Waals surface area contributed by atoms with Crippen LogP contribution < -0.4 is 10.6 Å². The molecule has 1 aromatic carbocycles. The van der Waals surface area contributed by atoms with Crippen LogP contribution in [0.25, 0.3) is 11.4 Å². The summed E-state index contributed by atoms with van der Waals surface area (Å²) in [5.74, 6) is 1.33. The normalized spacial score (nSPS) is 15.6. The van der Waals surface area contributed by atoms with Crippen LogP contribution in [0, 0.1) is 11.3 Å². The Morgan fingerprint density at radius 3 is 2.59 bits per heavy atom. The van der Waals surface area contributed by atoms with Gasteiger partial charge in [-0.2, -0.15) is 20.2 Å². The smallest absolute Gasteiger partial charge is 0.232 e. The second-order valence-corrected chi connectivity index (χ2v) is 6.30. The number of aliphatic imine (C=N–C) groups is 1. The summed E-state index contributed by atoms with van der Waals surface area (Å²) >= 11 is 0. The minimum Gasteiger partial charge on any atom is -0.336 e. The van der Waals surface area contributed by atoms with Crippen molar-refractivity contribution in [1.82, 2.24) is 15.0 Å². The van der Waals surface area contributed by atoms with Gasteiger partial charge >= 0.3 is 0 Å². The number of nitrogens with one attached hydrogen (secondary N) is 2. The van der Waals surface area contributed by atoms with Crippen molar-refractivity contribution >= 4 is 18.1 Å². The van der Waals surface area contributed by atoms with Gasteiger partial charge in [0.15, 0.2) is 5.82 Å². The third-order valence-corrected chi connectivity index (χ3v) is 4.26. The molecule has 2 aromatic rings. The number of benzene rings is 1. The highest BCUT2D eigenvalue weighted by Gasteiger charge is 2.38. The molecule has 0 radical (unpaired) electrons. The van der Waals surface area contributed by atoms with E-state index in [1.807, 2.05) is 37.3 Å². The lowest BCUT2D eigenvalue weighted by Crippen LogP contribution is -2.44. The van der Waals surface area contributed by atoms with Gasteiger partial charge in [0.1, 0.15) is 5.54 Å². The number of hydrogen-bond acceptors (Lipinski definition) is 7. The Morgan fingerprint density at radius 1 is 1.22 bits per heavy atom. The topological polar surface area (TPSA) is 98.9 Å². The number of anilines is 2. The van der Waals surface area contributed by atoms with E-state index in [1.54, 1.807) is 12.3 Å². The molecule has 1 aliphatic carbocycles. The lowest BCUT2D eigenvalue weighted by molar-refractivity contribution is 0.354. The van der Waals surface area contributed by atoms with Crippen LogP contribution in [0.3, 0.4) is 0 Å². The maximum Gasteiger partial charge on any atom is 0.232 e. The summed E-state index contributed by atoms with van der Waals surface area (Å²) in [4.78, 5) is 17.4. The van der Waals surface area contributed by atoms with Gasteiger partial charge in [-0.1, -0.05) is 36.9 Å². The minimum atomic E-state index is -0.589. The summed E-state index contributed by atoms with van der Waals surface area (Å²) < 4.78 is 0. The van der Waals surface area contributed by atoms with Crippen LogP contribution in [0.15, 0.2) is 59.9 Å². The first kappa shape index (κ1) is 18.3. The molecule has 7 nitrogen and oxygen atoms in total. The average Bonchev–Trinajstić information content (AvgIpc) is 2.65. The van der Waals surface area contributed by atoms with Gasteiger partial charge in [0.05, 0.1) is 6.07 Å². The molecule has 0 saturated heterocycles. The van der Waals surface area contributed by atoms with Crippen molar-refractivity contribution in [3.63, 3.8) is 0 Å². The number of rotatable bonds is 7. The van der Waals surface area contributed by atoms with Crippen molar-refractivity contribution in [2.75, 3.05) is 10.6 Å². The van der Waals surface area contributed by atoms with Crippen molar-refractivity contribution in [3.8, 4) is 17.5 Å². The molecule has 1 heterocycles. The zero-order valence-electron chi connectivity index (χ0n) is 15.2. The standard InChI is InChI=1S/C20H21N7/c1-3-22-13-10-15(2)23-18-24-17(16-8-5-4-6-9-16)25-19(26-18)27-20(14-21)11-7-12-20/h3-6,8-10,13H,1,7,11-12H2,2H3,(H2,23,24,25,26,27)/b15-10+,22-13?. The monoisotopic (exact) mass is 359 g/mol. The van der Waals surface area contributed by atoms with Crippen LogP contribution in [-0.4, -0.2) is 26.7 Å². The van der Waals surface area contributed by atoms with Gasteiger partial charge < -0.3 is 10.6 Å². The van der Waals surface area contributed by atoms with Crippen LogP contribution in [-0.2, 0) is 0 Å². The Labute approximate surface area is 158 Å². The highest BCUT2D eigenvalue weighted by molar-refractivity contribution is 5.73. The van der Waals surface area contributed by atoms with E-state index in [4.69, 9.17) is 0 Å². The highest BCUT2D eigenvalue weighted by Crippen LogP contribution is 2.34. The Balaban J connectivity index is 1.93. The third-order valence-electron chi connectivity index (χ3n) is 4.26. The number of aromatic nitrogens is 3. The first-order valence-electron chi connectivity index (χ1n) is 8.73. The predicted molar refractivity (Wildman–Crippen MR) is 107 cm³/mol. The molecule has 0 atom stereocenters. The van der Waals surface area contributed by atoms with E-state index in [9.17, 15) is 5.26 Å². The Morgan fingerprint density at radius 2 is 1.96 bits per heavy atom. The Kier molecular flexibility index (Phi) is 5.57. The minimum absolute atomic E-state index is 0.389. The maximum absolute atomic E-state index is 9.49. The molecule has 1 aromatic heterocycles. The summed E-state index contributed by atoms with van der Waals surface area (Å²) in [5, 5.41) is 15.8. The van der Waals surface area contributed by atoms with Crippen LogP contribution in [0.4, 0.5) is 11.9 Å².